The van der Waals surface area contributed by atoms with Gasteiger partial charge in [0.25, 0.3) is 0 Å². The lowest BCUT2D eigenvalue weighted by molar-refractivity contribution is 0.572. The van der Waals surface area contributed by atoms with Crippen LogP contribution in [0.1, 0.15) is 12.5 Å². The van der Waals surface area contributed by atoms with Gasteiger partial charge in [0.2, 0.25) is 0 Å². The van der Waals surface area contributed by atoms with E-state index in [0.717, 1.165) is 23.2 Å². The molecule has 0 spiro atoms. The quantitative estimate of drug-likeness (QED) is 0.772. The minimum Gasteiger partial charge on any atom is -0.313 e. The number of hydrogen-bond acceptors (Lipinski definition) is 3. The van der Waals surface area contributed by atoms with Gasteiger partial charge in [0.1, 0.15) is 0 Å². The number of benzene rings is 1. The van der Waals surface area contributed by atoms with Crippen LogP contribution in [0, 0.1) is 0 Å². The third-order valence-corrected chi connectivity index (χ3v) is 4.63. The molecule has 0 aliphatic carbocycles. The fourth-order valence-corrected chi connectivity index (χ4v) is 3.66. The molecule has 1 heterocycles. The summed E-state index contributed by atoms with van der Waals surface area (Å²) in [4.78, 5) is 1.30. The lowest BCUT2D eigenvalue weighted by Crippen LogP contribution is -2.33. The van der Waals surface area contributed by atoms with Crippen LogP contribution in [0.25, 0.3) is 0 Å². The van der Waals surface area contributed by atoms with Crippen molar-refractivity contribution in [1.82, 2.24) is 15.1 Å². The zero-order chi connectivity index (χ0) is 14.4. The molecule has 5 heteroatoms. The molecule has 1 N–H and O–H groups in total. The summed E-state index contributed by atoms with van der Waals surface area (Å²) in [7, 11) is 1.96. The number of halogens is 1. The molecule has 0 fully saturated rings. The van der Waals surface area contributed by atoms with Crippen molar-refractivity contribution < 1.29 is 0 Å². The van der Waals surface area contributed by atoms with Gasteiger partial charge in [0.15, 0.2) is 0 Å². The molecule has 0 aliphatic rings. The first kappa shape index (κ1) is 15.6. The Bertz CT molecular complexity index is 541. The van der Waals surface area contributed by atoms with Gasteiger partial charge >= 0.3 is 0 Å². The maximum Gasteiger partial charge on any atom is 0.0522 e. The van der Waals surface area contributed by atoms with Gasteiger partial charge in [-0.05, 0) is 36.7 Å². The van der Waals surface area contributed by atoms with Crippen LogP contribution in [0.5, 0.6) is 0 Å². The Hall–Kier alpha value is -0.780. The smallest absolute Gasteiger partial charge is 0.0522 e. The van der Waals surface area contributed by atoms with Gasteiger partial charge in [-0.2, -0.15) is 5.10 Å². The van der Waals surface area contributed by atoms with E-state index in [2.05, 4.69) is 63.7 Å². The molecule has 0 saturated heterocycles. The summed E-state index contributed by atoms with van der Waals surface area (Å²) in [5, 5.41) is 7.79. The van der Waals surface area contributed by atoms with Gasteiger partial charge in [-0.25, -0.2) is 0 Å². The van der Waals surface area contributed by atoms with Crippen molar-refractivity contribution >= 4 is 27.7 Å². The first-order chi connectivity index (χ1) is 9.67. The Kier molecular flexibility index (Phi) is 6.13. The lowest BCUT2D eigenvalue weighted by atomic mass is 10.1. The van der Waals surface area contributed by atoms with Crippen LogP contribution in [0.2, 0.25) is 0 Å². The molecule has 0 aliphatic heterocycles. The van der Waals surface area contributed by atoms with Crippen molar-refractivity contribution in [3.05, 3.63) is 46.7 Å². The number of nitrogens with zero attached hydrogens (tertiary/aromatic N) is 2. The van der Waals surface area contributed by atoms with Crippen LogP contribution in [0.3, 0.4) is 0 Å². The SMILES string of the molecule is CCNC(CSc1cccc(Br)c1)Cc1cnn(C)c1. The Morgan fingerprint density at radius 1 is 1.45 bits per heavy atom. The van der Waals surface area contributed by atoms with E-state index in [0.29, 0.717) is 6.04 Å². The van der Waals surface area contributed by atoms with Crippen LogP contribution in [0.15, 0.2) is 46.0 Å². The summed E-state index contributed by atoms with van der Waals surface area (Å²) < 4.78 is 2.99. The van der Waals surface area contributed by atoms with E-state index in [4.69, 9.17) is 0 Å². The molecule has 3 nitrogen and oxygen atoms in total. The van der Waals surface area contributed by atoms with Crippen molar-refractivity contribution in [2.24, 2.45) is 7.05 Å². The second kappa shape index (κ2) is 7.86. The van der Waals surface area contributed by atoms with Crippen molar-refractivity contribution in [1.29, 1.82) is 0 Å². The van der Waals surface area contributed by atoms with Gasteiger partial charge in [0, 0.05) is 34.4 Å². The lowest BCUT2D eigenvalue weighted by Gasteiger charge is -2.16. The van der Waals surface area contributed by atoms with E-state index < -0.39 is 0 Å². The molecular weight excluding hydrogens is 334 g/mol. The van der Waals surface area contributed by atoms with Gasteiger partial charge in [-0.15, -0.1) is 11.8 Å². The van der Waals surface area contributed by atoms with Gasteiger partial charge in [-0.1, -0.05) is 28.9 Å². The molecule has 1 aromatic heterocycles. The molecule has 1 atom stereocenters. The largest absolute Gasteiger partial charge is 0.313 e. The average Bonchev–Trinajstić information content (AvgIpc) is 2.82. The molecule has 2 aromatic rings. The first-order valence-corrected chi connectivity index (χ1v) is 8.54. The third kappa shape index (κ3) is 4.96. The van der Waals surface area contributed by atoms with Crippen LogP contribution in [-0.2, 0) is 13.5 Å². The zero-order valence-electron chi connectivity index (χ0n) is 11.8. The molecule has 1 unspecified atom stereocenters. The Labute approximate surface area is 133 Å². The summed E-state index contributed by atoms with van der Waals surface area (Å²) >= 11 is 5.41. The minimum atomic E-state index is 0.466. The fraction of sp³-hybridized carbons (Fsp3) is 0.400. The van der Waals surface area contributed by atoms with Crippen molar-refractivity contribution in [2.75, 3.05) is 12.3 Å². The van der Waals surface area contributed by atoms with Gasteiger partial charge < -0.3 is 5.32 Å². The van der Waals surface area contributed by atoms with E-state index in [9.17, 15) is 0 Å². The van der Waals surface area contributed by atoms with Crippen molar-refractivity contribution in [3.63, 3.8) is 0 Å². The van der Waals surface area contributed by atoms with Crippen LogP contribution in [-0.4, -0.2) is 28.1 Å². The summed E-state index contributed by atoms with van der Waals surface area (Å²) in [5.74, 6) is 1.05. The molecule has 0 saturated carbocycles. The minimum absolute atomic E-state index is 0.466. The number of aromatic nitrogens is 2. The topological polar surface area (TPSA) is 29.9 Å². The molecule has 0 amide bonds. The number of hydrogen-bond donors (Lipinski definition) is 1. The van der Waals surface area contributed by atoms with E-state index in [-0.39, 0.29) is 0 Å². The van der Waals surface area contributed by atoms with Crippen LogP contribution in [0.4, 0.5) is 0 Å². The maximum atomic E-state index is 4.24. The number of likely N-dealkylation sites (N-methyl/N-ethyl adjacent to an activating group) is 1. The summed E-state index contributed by atoms with van der Waals surface area (Å²) in [6.07, 6.45) is 5.06. The van der Waals surface area contributed by atoms with E-state index in [1.165, 1.54) is 10.5 Å². The normalized spacial score (nSPS) is 12.6. The van der Waals surface area contributed by atoms with E-state index in [1.54, 1.807) is 0 Å². The van der Waals surface area contributed by atoms with Crippen molar-refractivity contribution in [3.8, 4) is 0 Å². The molecule has 2 rings (SSSR count). The molecular formula is C15H20BrN3S. The summed E-state index contributed by atoms with van der Waals surface area (Å²) in [5.41, 5.74) is 1.29. The number of aryl methyl sites for hydroxylation is 1. The Morgan fingerprint density at radius 2 is 2.30 bits per heavy atom. The summed E-state index contributed by atoms with van der Waals surface area (Å²) in [6.45, 7) is 3.14. The van der Waals surface area contributed by atoms with E-state index in [1.807, 2.05) is 29.7 Å². The summed E-state index contributed by atoms with van der Waals surface area (Å²) in [6, 6.07) is 8.92. The van der Waals surface area contributed by atoms with Crippen molar-refractivity contribution in [2.45, 2.75) is 24.3 Å². The predicted molar refractivity (Wildman–Crippen MR) is 89.2 cm³/mol. The number of rotatable bonds is 7. The zero-order valence-corrected chi connectivity index (χ0v) is 14.2. The highest BCUT2D eigenvalue weighted by atomic mass is 79.9. The van der Waals surface area contributed by atoms with Gasteiger partial charge in [-0.3, -0.25) is 4.68 Å². The Morgan fingerprint density at radius 3 is 2.95 bits per heavy atom. The van der Waals surface area contributed by atoms with Crippen LogP contribution < -0.4 is 5.32 Å². The third-order valence-electron chi connectivity index (χ3n) is 2.98. The van der Waals surface area contributed by atoms with Crippen LogP contribution >= 0.6 is 27.7 Å². The second-order valence-corrected chi connectivity index (χ2v) is 6.76. The monoisotopic (exact) mass is 353 g/mol. The highest BCUT2D eigenvalue weighted by molar-refractivity contribution is 9.10. The number of nitrogens with one attached hydrogen (secondary N) is 1. The Balaban J connectivity index is 1.91. The first-order valence-electron chi connectivity index (χ1n) is 6.76. The van der Waals surface area contributed by atoms with Gasteiger partial charge in [0.05, 0.1) is 6.20 Å². The highest BCUT2D eigenvalue weighted by Crippen LogP contribution is 2.23. The molecule has 0 bridgehead atoms. The molecule has 108 valence electrons. The molecule has 1 aromatic carbocycles. The standard InChI is InChI=1S/C15H20BrN3S/c1-3-17-14(7-12-9-18-19(2)10-12)11-20-15-6-4-5-13(16)8-15/h4-6,8-10,14,17H,3,7,11H2,1-2H3. The second-order valence-electron chi connectivity index (χ2n) is 4.75. The fourth-order valence-electron chi connectivity index (χ4n) is 2.09. The van der Waals surface area contributed by atoms with E-state index >= 15 is 0 Å². The average molecular weight is 354 g/mol. The maximum absolute atomic E-state index is 4.24. The number of thioether (sulfide) groups is 1. The highest BCUT2D eigenvalue weighted by Gasteiger charge is 2.10. The molecule has 0 radical (unpaired) electrons. The molecule has 20 heavy (non-hydrogen) atoms. The predicted octanol–water partition coefficient (Wildman–Crippen LogP) is 3.50.